The van der Waals surface area contributed by atoms with Gasteiger partial charge in [0.25, 0.3) is 5.76 Å². The van der Waals surface area contributed by atoms with Gasteiger partial charge in [0.2, 0.25) is 0 Å². The van der Waals surface area contributed by atoms with Crippen molar-refractivity contribution in [2.45, 2.75) is 30.5 Å². The van der Waals surface area contributed by atoms with Crippen LogP contribution >= 0.6 is 11.8 Å². The summed E-state index contributed by atoms with van der Waals surface area (Å²) in [6, 6.07) is 7.04. The predicted molar refractivity (Wildman–Crippen MR) is 78.5 cm³/mol. The molecule has 1 fully saturated rings. The lowest BCUT2D eigenvalue weighted by Crippen LogP contribution is -2.41. The summed E-state index contributed by atoms with van der Waals surface area (Å²) in [5.41, 5.74) is 1.02. The zero-order chi connectivity index (χ0) is 15.4. The number of carboxylic acid groups (broad SMARTS) is 1. The van der Waals surface area contributed by atoms with Crippen molar-refractivity contribution in [1.82, 2.24) is 4.90 Å². The molecule has 0 saturated carbocycles. The van der Waals surface area contributed by atoms with Gasteiger partial charge in [0.1, 0.15) is 0 Å². The summed E-state index contributed by atoms with van der Waals surface area (Å²) in [5, 5.41) is 9.16. The highest BCUT2D eigenvalue weighted by molar-refractivity contribution is 7.99. The molecule has 3 nitrogen and oxygen atoms in total. The van der Waals surface area contributed by atoms with E-state index in [1.165, 1.54) is 0 Å². The highest BCUT2D eigenvalue weighted by Crippen LogP contribution is 2.26. The van der Waals surface area contributed by atoms with Gasteiger partial charge < -0.3 is 5.11 Å². The van der Waals surface area contributed by atoms with Crippen LogP contribution in [0.15, 0.2) is 29.2 Å². The fourth-order valence-corrected chi connectivity index (χ4v) is 3.30. The average molecular weight is 315 g/mol. The van der Waals surface area contributed by atoms with Gasteiger partial charge in [0, 0.05) is 24.5 Å². The van der Waals surface area contributed by atoms with Crippen molar-refractivity contribution in [2.24, 2.45) is 11.8 Å². The van der Waals surface area contributed by atoms with Crippen LogP contribution in [0.1, 0.15) is 18.9 Å². The molecular formula is C15H19F2NO2S. The van der Waals surface area contributed by atoms with Crippen molar-refractivity contribution in [1.29, 1.82) is 0 Å². The number of nitrogens with zero attached hydrogens (tertiary/aromatic N) is 1. The van der Waals surface area contributed by atoms with Crippen molar-refractivity contribution in [3.05, 3.63) is 29.8 Å². The number of carbonyl (C=O) groups is 1. The van der Waals surface area contributed by atoms with E-state index in [0.29, 0.717) is 35.7 Å². The number of rotatable bonds is 5. The Hall–Kier alpha value is -1.14. The van der Waals surface area contributed by atoms with E-state index in [-0.39, 0.29) is 5.92 Å². The molecule has 1 aromatic carbocycles. The second-order valence-electron chi connectivity index (χ2n) is 5.59. The van der Waals surface area contributed by atoms with E-state index in [2.05, 4.69) is 11.8 Å². The standard InChI is InChI=1S/C15H19F2NO2S/c1-10-6-12(14(19)20)9-18(7-10)8-11-2-4-13(5-3-11)21-15(16)17/h2-5,10,12,15H,6-9H2,1H3,(H,19,20). The molecule has 0 spiro atoms. The molecule has 0 amide bonds. The minimum atomic E-state index is -2.41. The van der Waals surface area contributed by atoms with E-state index in [4.69, 9.17) is 5.11 Å². The molecule has 116 valence electrons. The van der Waals surface area contributed by atoms with Crippen molar-refractivity contribution in [3.63, 3.8) is 0 Å². The Morgan fingerprint density at radius 3 is 2.62 bits per heavy atom. The van der Waals surface area contributed by atoms with Gasteiger partial charge >= 0.3 is 5.97 Å². The first kappa shape index (κ1) is 16.2. The Morgan fingerprint density at radius 2 is 2.05 bits per heavy atom. The van der Waals surface area contributed by atoms with Crippen LogP contribution in [-0.4, -0.2) is 34.8 Å². The number of hydrogen-bond donors (Lipinski definition) is 1. The van der Waals surface area contributed by atoms with Gasteiger partial charge in [0.05, 0.1) is 5.92 Å². The number of aliphatic carboxylic acids is 1. The molecule has 1 saturated heterocycles. The van der Waals surface area contributed by atoms with Crippen LogP contribution in [0.2, 0.25) is 0 Å². The molecule has 1 N–H and O–H groups in total. The van der Waals surface area contributed by atoms with Crippen molar-refractivity contribution < 1.29 is 18.7 Å². The molecular weight excluding hydrogens is 296 g/mol. The zero-order valence-corrected chi connectivity index (χ0v) is 12.7. The topological polar surface area (TPSA) is 40.5 Å². The molecule has 21 heavy (non-hydrogen) atoms. The van der Waals surface area contributed by atoms with Crippen LogP contribution < -0.4 is 0 Å². The SMILES string of the molecule is CC1CC(C(=O)O)CN(Cc2ccc(SC(F)F)cc2)C1. The number of alkyl halides is 2. The first-order chi connectivity index (χ1) is 9.94. The predicted octanol–water partition coefficient (Wildman–Crippen LogP) is 3.54. The molecule has 1 aliphatic heterocycles. The average Bonchev–Trinajstić information content (AvgIpc) is 2.39. The van der Waals surface area contributed by atoms with E-state index in [0.717, 1.165) is 18.5 Å². The third kappa shape index (κ3) is 4.97. The van der Waals surface area contributed by atoms with Gasteiger partial charge in [-0.3, -0.25) is 9.69 Å². The van der Waals surface area contributed by atoms with E-state index in [9.17, 15) is 13.6 Å². The van der Waals surface area contributed by atoms with Crippen LogP contribution in [0.5, 0.6) is 0 Å². The summed E-state index contributed by atoms with van der Waals surface area (Å²) >= 11 is 0.533. The quantitative estimate of drug-likeness (QED) is 0.844. The Morgan fingerprint density at radius 1 is 1.38 bits per heavy atom. The third-order valence-electron chi connectivity index (χ3n) is 3.64. The van der Waals surface area contributed by atoms with Crippen LogP contribution in [0.3, 0.4) is 0 Å². The molecule has 0 aromatic heterocycles. The maximum absolute atomic E-state index is 12.3. The normalized spacial score (nSPS) is 23.4. The highest BCUT2D eigenvalue weighted by Gasteiger charge is 2.29. The van der Waals surface area contributed by atoms with E-state index in [1.807, 2.05) is 12.1 Å². The van der Waals surface area contributed by atoms with E-state index in [1.54, 1.807) is 12.1 Å². The fraction of sp³-hybridized carbons (Fsp3) is 0.533. The number of carboxylic acids is 1. The summed E-state index contributed by atoms with van der Waals surface area (Å²) in [7, 11) is 0. The molecule has 2 unspecified atom stereocenters. The highest BCUT2D eigenvalue weighted by atomic mass is 32.2. The Bertz CT molecular complexity index is 481. The number of likely N-dealkylation sites (tertiary alicyclic amines) is 1. The fourth-order valence-electron chi connectivity index (χ4n) is 2.80. The van der Waals surface area contributed by atoms with Crippen LogP contribution in [0, 0.1) is 11.8 Å². The second-order valence-corrected chi connectivity index (χ2v) is 6.66. The second kappa shape index (κ2) is 7.22. The minimum Gasteiger partial charge on any atom is -0.481 e. The number of piperidine rings is 1. The zero-order valence-electron chi connectivity index (χ0n) is 11.8. The first-order valence-electron chi connectivity index (χ1n) is 6.93. The van der Waals surface area contributed by atoms with Crippen molar-refractivity contribution in [3.8, 4) is 0 Å². The first-order valence-corrected chi connectivity index (χ1v) is 7.81. The van der Waals surface area contributed by atoms with E-state index >= 15 is 0 Å². The molecule has 1 heterocycles. The maximum atomic E-state index is 12.3. The Labute approximate surface area is 127 Å². The van der Waals surface area contributed by atoms with Gasteiger partial charge in [-0.25, -0.2) is 0 Å². The van der Waals surface area contributed by atoms with Crippen LogP contribution in [0.4, 0.5) is 8.78 Å². The molecule has 6 heteroatoms. The largest absolute Gasteiger partial charge is 0.481 e. The molecule has 0 aliphatic carbocycles. The number of thioether (sulfide) groups is 1. The number of benzene rings is 1. The number of hydrogen-bond acceptors (Lipinski definition) is 3. The third-order valence-corrected chi connectivity index (χ3v) is 4.36. The van der Waals surface area contributed by atoms with Crippen molar-refractivity contribution in [2.75, 3.05) is 13.1 Å². The minimum absolute atomic E-state index is 0.317. The molecule has 0 radical (unpaired) electrons. The van der Waals surface area contributed by atoms with Gasteiger partial charge in [-0.2, -0.15) is 8.78 Å². The van der Waals surface area contributed by atoms with Gasteiger partial charge in [-0.05, 0) is 30.0 Å². The molecule has 1 aliphatic rings. The lowest BCUT2D eigenvalue weighted by atomic mass is 9.90. The van der Waals surface area contributed by atoms with E-state index < -0.39 is 11.7 Å². The summed E-state index contributed by atoms with van der Waals surface area (Å²) in [6.45, 7) is 4.14. The summed E-state index contributed by atoms with van der Waals surface area (Å²) in [5.74, 6) is -3.11. The Kier molecular flexibility index (Phi) is 5.58. The lowest BCUT2D eigenvalue weighted by molar-refractivity contribution is -0.144. The molecule has 2 rings (SSSR count). The van der Waals surface area contributed by atoms with Crippen molar-refractivity contribution >= 4 is 17.7 Å². The maximum Gasteiger partial charge on any atom is 0.307 e. The molecule has 2 atom stereocenters. The van der Waals surface area contributed by atoms with Crippen LogP contribution in [0.25, 0.3) is 0 Å². The smallest absolute Gasteiger partial charge is 0.307 e. The van der Waals surface area contributed by atoms with Crippen LogP contribution in [-0.2, 0) is 11.3 Å². The van der Waals surface area contributed by atoms with Gasteiger partial charge in [-0.1, -0.05) is 30.8 Å². The summed E-state index contributed by atoms with van der Waals surface area (Å²) in [4.78, 5) is 13.8. The monoisotopic (exact) mass is 315 g/mol. The number of halogens is 2. The summed E-state index contributed by atoms with van der Waals surface area (Å²) < 4.78 is 24.5. The summed E-state index contributed by atoms with van der Waals surface area (Å²) in [6.07, 6.45) is 0.718. The Balaban J connectivity index is 1.95. The molecule has 0 bridgehead atoms. The molecule has 1 aromatic rings. The van der Waals surface area contributed by atoms with Gasteiger partial charge in [-0.15, -0.1) is 0 Å². The lowest BCUT2D eigenvalue weighted by Gasteiger charge is -2.34. The van der Waals surface area contributed by atoms with Gasteiger partial charge in [0.15, 0.2) is 0 Å².